The monoisotopic (exact) mass is 638 g/mol. The van der Waals surface area contributed by atoms with Gasteiger partial charge in [0.05, 0.1) is 13.1 Å². The molecule has 0 atom stereocenters. The lowest BCUT2D eigenvalue weighted by atomic mass is 10.2. The summed E-state index contributed by atoms with van der Waals surface area (Å²) in [7, 11) is 0. The largest absolute Gasteiger partial charge is 0.461 e. The fraction of sp³-hybridized carbons (Fsp3) is 0.692. The molecule has 4 N–H and O–H groups in total. The van der Waals surface area contributed by atoms with E-state index >= 15 is 0 Å². The molecule has 0 radical (unpaired) electrons. The summed E-state index contributed by atoms with van der Waals surface area (Å²) in [5.41, 5.74) is 0. The van der Waals surface area contributed by atoms with Gasteiger partial charge in [0.1, 0.15) is 18.1 Å². The molecule has 0 saturated heterocycles. The third-order valence-electron chi connectivity index (χ3n) is 5.03. The van der Waals surface area contributed by atoms with Crippen molar-refractivity contribution in [3.63, 3.8) is 0 Å². The number of carbonyl (C=O) groups excluding carboxylic acids is 4. The van der Waals surface area contributed by atoms with Crippen LogP contribution in [0.15, 0.2) is 25.3 Å². The van der Waals surface area contributed by atoms with E-state index in [9.17, 15) is 19.2 Å². The van der Waals surface area contributed by atoms with E-state index in [0.29, 0.717) is 18.8 Å². The van der Waals surface area contributed by atoms with Crippen LogP contribution in [-0.2, 0) is 27.4 Å². The summed E-state index contributed by atoms with van der Waals surface area (Å²) in [6.45, 7) is 16.3. The predicted octanol–water partition coefficient (Wildman–Crippen LogP) is 4.14. The first-order chi connectivity index (χ1) is 19.5. The van der Waals surface area contributed by atoms with Crippen LogP contribution in [0, 0.1) is 0 Å². The van der Waals surface area contributed by atoms with E-state index in [1.165, 1.54) is 24.1 Å². The number of amides is 4. The van der Waals surface area contributed by atoms with E-state index in [4.69, 9.17) is 17.8 Å². The van der Waals surface area contributed by atoms with Crippen molar-refractivity contribution in [2.45, 2.75) is 63.2 Å². The molecule has 0 bridgehead atoms. The van der Waals surface area contributed by atoms with Crippen molar-refractivity contribution in [1.29, 1.82) is 0 Å². The number of rotatable bonds is 24. The highest BCUT2D eigenvalue weighted by molar-refractivity contribution is 8.02. The second-order valence-corrected chi connectivity index (χ2v) is 12.3. The average molecular weight is 639 g/mol. The van der Waals surface area contributed by atoms with Gasteiger partial charge in [-0.1, -0.05) is 27.0 Å². The van der Waals surface area contributed by atoms with Gasteiger partial charge in [0, 0.05) is 43.0 Å². The van der Waals surface area contributed by atoms with Crippen molar-refractivity contribution < 1.29 is 37.0 Å². The predicted molar refractivity (Wildman–Crippen MR) is 166 cm³/mol. The van der Waals surface area contributed by atoms with Gasteiger partial charge in [-0.05, 0) is 57.3 Å². The first kappa shape index (κ1) is 38.9. The Kier molecular flexibility index (Phi) is 22.3. The minimum absolute atomic E-state index is 0.0856. The van der Waals surface area contributed by atoms with E-state index in [-0.39, 0.29) is 38.4 Å². The molecule has 0 aliphatic heterocycles. The molecule has 15 heteroatoms. The Labute approximate surface area is 257 Å². The molecule has 0 unspecified atom stereocenters. The fourth-order valence-electron chi connectivity index (χ4n) is 2.65. The van der Waals surface area contributed by atoms with Crippen molar-refractivity contribution in [3.05, 3.63) is 25.3 Å². The summed E-state index contributed by atoms with van der Waals surface area (Å²) in [6.07, 6.45) is 5.13. The SMILES string of the molecule is C=CC(=O)OCCNC(=O)NCCCSOC(CC)(CC)SOC(C)(C)SCCCNC(=O)NCCOC(=O)C=C. The minimum Gasteiger partial charge on any atom is -0.461 e. The van der Waals surface area contributed by atoms with Crippen LogP contribution >= 0.6 is 35.8 Å². The maximum absolute atomic E-state index is 11.8. The van der Waals surface area contributed by atoms with Gasteiger partial charge in [-0.3, -0.25) is 8.37 Å². The Morgan fingerprint density at radius 1 is 0.732 bits per heavy atom. The van der Waals surface area contributed by atoms with E-state index < -0.39 is 21.8 Å². The molecule has 0 saturated carbocycles. The standard InChI is InChI=1S/C26H46N4O8S3/c1-7-21(31)35-17-15-29-23(33)27-13-11-19-39-25(5,6)37-41-26(9-3,10-4)38-40-20-12-14-28-24(34)30-16-18-36-22(32)8-2/h7-8H,1-2,9-20H2,3-6H3,(H2,27,29,33)(H2,28,30,34). The molecule has 12 nitrogen and oxygen atoms in total. The maximum Gasteiger partial charge on any atom is 0.330 e. The Bertz CT molecular complexity index is 814. The summed E-state index contributed by atoms with van der Waals surface area (Å²) < 4.78 is 21.9. The molecule has 0 heterocycles. The van der Waals surface area contributed by atoms with Crippen LogP contribution in [0.25, 0.3) is 0 Å². The molecular weight excluding hydrogens is 593 g/mol. The van der Waals surface area contributed by atoms with Crippen molar-refractivity contribution in [2.24, 2.45) is 0 Å². The van der Waals surface area contributed by atoms with Crippen LogP contribution in [0.5, 0.6) is 0 Å². The molecule has 0 aliphatic rings. The summed E-state index contributed by atoms with van der Waals surface area (Å²) in [6, 6.07) is -0.641. The second-order valence-electron chi connectivity index (χ2n) is 8.75. The topological polar surface area (TPSA) is 153 Å². The number of nitrogens with one attached hydrogen (secondary N) is 4. The molecule has 0 aromatic heterocycles. The highest BCUT2D eigenvalue weighted by atomic mass is 32.2. The highest BCUT2D eigenvalue weighted by Gasteiger charge is 2.33. The van der Waals surface area contributed by atoms with Crippen molar-refractivity contribution in [3.8, 4) is 0 Å². The molecule has 0 aliphatic carbocycles. The van der Waals surface area contributed by atoms with E-state index in [2.05, 4.69) is 48.3 Å². The number of carbonyl (C=O) groups is 4. The van der Waals surface area contributed by atoms with Crippen LogP contribution < -0.4 is 21.3 Å². The van der Waals surface area contributed by atoms with Crippen molar-refractivity contribution >= 4 is 59.8 Å². The van der Waals surface area contributed by atoms with Crippen LogP contribution in [0.2, 0.25) is 0 Å². The number of hydrogen-bond donors (Lipinski definition) is 4. The molecule has 0 aromatic carbocycles. The van der Waals surface area contributed by atoms with Crippen molar-refractivity contribution in [1.82, 2.24) is 21.3 Å². The van der Waals surface area contributed by atoms with Crippen LogP contribution in [-0.4, -0.2) is 84.8 Å². The number of esters is 2. The smallest absolute Gasteiger partial charge is 0.330 e. The Morgan fingerprint density at radius 2 is 1.20 bits per heavy atom. The van der Waals surface area contributed by atoms with Crippen LogP contribution in [0.4, 0.5) is 9.59 Å². The zero-order chi connectivity index (χ0) is 31.0. The lowest BCUT2D eigenvalue weighted by Crippen LogP contribution is -2.38. The summed E-state index contributed by atoms with van der Waals surface area (Å²) >= 11 is 4.34. The highest BCUT2D eigenvalue weighted by Crippen LogP contribution is 2.42. The fourth-order valence-corrected chi connectivity index (χ4v) is 5.36. The molecule has 4 amide bonds. The van der Waals surface area contributed by atoms with Crippen molar-refractivity contribution in [2.75, 3.05) is 50.9 Å². The van der Waals surface area contributed by atoms with Gasteiger partial charge in [0.25, 0.3) is 0 Å². The summed E-state index contributed by atoms with van der Waals surface area (Å²) in [4.78, 5) is 44.5. The number of hydrogen-bond acceptors (Lipinski definition) is 11. The molecular formula is C26H46N4O8S3. The van der Waals surface area contributed by atoms with Gasteiger partial charge in [-0.2, -0.15) is 0 Å². The molecule has 0 rings (SSSR count). The van der Waals surface area contributed by atoms with Gasteiger partial charge in [-0.15, -0.1) is 11.8 Å². The maximum atomic E-state index is 11.8. The number of urea groups is 2. The first-order valence-corrected chi connectivity index (χ1v) is 16.1. The Hall–Kier alpha value is -2.07. The first-order valence-electron chi connectivity index (χ1n) is 13.5. The third kappa shape index (κ3) is 21.3. The van der Waals surface area contributed by atoms with Crippen LogP contribution in [0.3, 0.4) is 0 Å². The van der Waals surface area contributed by atoms with Gasteiger partial charge >= 0.3 is 24.0 Å². The Balaban J connectivity index is 4.11. The number of ether oxygens (including phenoxy) is 2. The molecule has 0 fully saturated rings. The lowest BCUT2D eigenvalue weighted by Gasteiger charge is -2.33. The van der Waals surface area contributed by atoms with Gasteiger partial charge in [-0.25, -0.2) is 19.2 Å². The quantitative estimate of drug-likeness (QED) is 0.0397. The molecule has 0 spiro atoms. The average Bonchev–Trinajstić information content (AvgIpc) is 2.96. The number of thioether (sulfide) groups is 1. The van der Waals surface area contributed by atoms with E-state index in [0.717, 1.165) is 43.6 Å². The van der Waals surface area contributed by atoms with Crippen LogP contribution in [0.1, 0.15) is 53.4 Å². The lowest BCUT2D eigenvalue weighted by molar-refractivity contribution is -0.138. The van der Waals surface area contributed by atoms with Gasteiger partial charge in [0.15, 0.2) is 4.93 Å². The molecule has 41 heavy (non-hydrogen) atoms. The normalized spacial score (nSPS) is 11.2. The molecule has 0 aromatic rings. The van der Waals surface area contributed by atoms with E-state index in [1.54, 1.807) is 11.8 Å². The zero-order valence-electron chi connectivity index (χ0n) is 24.5. The zero-order valence-corrected chi connectivity index (χ0v) is 27.0. The third-order valence-corrected chi connectivity index (χ3v) is 8.86. The Morgan fingerprint density at radius 3 is 1.66 bits per heavy atom. The van der Waals surface area contributed by atoms with Gasteiger partial charge in [0.2, 0.25) is 0 Å². The summed E-state index contributed by atoms with van der Waals surface area (Å²) in [5, 5.41) is 10.7. The second kappa shape index (κ2) is 23.5. The van der Waals surface area contributed by atoms with Gasteiger partial charge < -0.3 is 30.7 Å². The van der Waals surface area contributed by atoms with E-state index in [1.807, 2.05) is 13.8 Å². The summed E-state index contributed by atoms with van der Waals surface area (Å²) in [5.74, 6) is 0.425. The minimum atomic E-state index is -0.527. The molecule has 236 valence electrons.